The molecule has 15 aromatic carbocycles. The molecule has 0 aliphatic rings. The average Bonchev–Trinajstić information content (AvgIpc) is 1.58. The molecular weight excluding hydrogens is 2240 g/mol. The fraction of sp³-hybridized carbons (Fsp3) is 0.0513. The summed E-state index contributed by atoms with van der Waals surface area (Å²) < 4.78 is 19.3. The molecule has 0 atom stereocenters. The number of aryl methyl sites for hydroxylation is 6. The molecule has 18 nitrogen and oxygen atoms in total. The molecule has 27 rings (SSSR count). The van der Waals surface area contributed by atoms with Gasteiger partial charge in [0.1, 0.15) is 16.9 Å². The van der Waals surface area contributed by atoms with E-state index in [0.29, 0.717) is 0 Å². The third-order valence-electron chi connectivity index (χ3n) is 26.1. The van der Waals surface area contributed by atoms with Gasteiger partial charge in [0.05, 0.1) is 101 Å². The summed E-state index contributed by atoms with van der Waals surface area (Å²) in [5.41, 5.74) is 32.7. The molecule has 0 aliphatic carbocycles. The van der Waals surface area contributed by atoms with Crippen LogP contribution < -0.4 is 0 Å². The summed E-state index contributed by atoms with van der Waals surface area (Å²) in [4.78, 5) is 44.5. The van der Waals surface area contributed by atoms with Crippen molar-refractivity contribution in [2.75, 3.05) is 0 Å². The zero-order valence-corrected chi connectivity index (χ0v) is 82.0. The van der Waals surface area contributed by atoms with Crippen LogP contribution in [0.3, 0.4) is 0 Å². The maximum Gasteiger partial charge on any atom is 2.00 e. The van der Waals surface area contributed by atoms with E-state index in [1.807, 2.05) is 131 Å². The van der Waals surface area contributed by atoms with E-state index in [1.54, 1.807) is 0 Å². The monoisotopic (exact) mass is 2320 g/mol. The molecule has 0 amide bonds. The van der Waals surface area contributed by atoms with Crippen LogP contribution in [0.4, 0.5) is 0 Å². The molecular formula is C117H78N18Pt3. The molecule has 0 bridgehead atoms. The molecule has 0 aliphatic heterocycles. The Hall–Kier alpha value is -16.0. The number of hydrogen-bond donors (Lipinski definition) is 0. The number of fused-ring (bicyclic) bond motifs is 15. The Morgan fingerprint density at radius 1 is 0.203 bits per heavy atom. The molecule has 0 fully saturated rings. The van der Waals surface area contributed by atoms with Crippen molar-refractivity contribution < 1.29 is 63.2 Å². The number of pyridine rings is 3. The Labute approximate surface area is 836 Å². The maximum atomic E-state index is 5.10. The van der Waals surface area contributed by atoms with Crippen LogP contribution in [0.2, 0.25) is 0 Å². The first kappa shape index (κ1) is 87.4. The second-order valence-corrected chi connectivity index (χ2v) is 34.0. The van der Waals surface area contributed by atoms with E-state index in [1.165, 1.54) is 22.3 Å². The number of rotatable bonds is 12. The quantitative estimate of drug-likeness (QED) is 0.108. The van der Waals surface area contributed by atoms with Crippen molar-refractivity contribution in [3.63, 3.8) is 0 Å². The van der Waals surface area contributed by atoms with Gasteiger partial charge in [0.2, 0.25) is 0 Å². The van der Waals surface area contributed by atoms with Crippen LogP contribution in [0.25, 0.3) is 251 Å². The van der Waals surface area contributed by atoms with Crippen LogP contribution >= 0.6 is 0 Å². The van der Waals surface area contributed by atoms with E-state index < -0.39 is 0 Å². The number of aromatic nitrogens is 18. The second kappa shape index (κ2) is 35.7. The van der Waals surface area contributed by atoms with E-state index >= 15 is 0 Å². The van der Waals surface area contributed by atoms with E-state index in [4.69, 9.17) is 44.9 Å². The zero-order chi connectivity index (χ0) is 90.2. The largest absolute Gasteiger partial charge is 2.00 e. The summed E-state index contributed by atoms with van der Waals surface area (Å²) in [7, 11) is 12.4. The van der Waals surface area contributed by atoms with Crippen molar-refractivity contribution in [3.8, 4) is 119 Å². The van der Waals surface area contributed by atoms with Crippen LogP contribution in [-0.4, -0.2) is 86.0 Å². The van der Waals surface area contributed by atoms with E-state index in [-0.39, 0.29) is 63.2 Å². The molecule has 138 heavy (non-hydrogen) atoms. The van der Waals surface area contributed by atoms with Gasteiger partial charge in [-0.1, -0.05) is 186 Å². The first-order valence-corrected chi connectivity index (χ1v) is 44.8. The van der Waals surface area contributed by atoms with E-state index in [0.717, 1.165) is 229 Å². The van der Waals surface area contributed by atoms with Crippen molar-refractivity contribution in [1.82, 2.24) is 86.0 Å². The molecule has 0 saturated heterocycles. The van der Waals surface area contributed by atoms with Gasteiger partial charge in [-0.3, -0.25) is 29.9 Å². The molecule has 0 saturated carbocycles. The summed E-state index contributed by atoms with van der Waals surface area (Å²) in [5.74, 6) is 5.18. The summed E-state index contributed by atoms with van der Waals surface area (Å²) >= 11 is 0. The van der Waals surface area contributed by atoms with Crippen LogP contribution in [-0.2, 0) is 105 Å². The van der Waals surface area contributed by atoms with E-state index in [9.17, 15) is 0 Å². The van der Waals surface area contributed by atoms with E-state index in [2.05, 4.69) is 353 Å². The molecule has 0 unspecified atom stereocenters. The summed E-state index contributed by atoms with van der Waals surface area (Å²) in [6.45, 7) is 0. The first-order valence-electron chi connectivity index (χ1n) is 44.8. The van der Waals surface area contributed by atoms with Crippen LogP contribution in [0, 0.1) is 36.4 Å². The van der Waals surface area contributed by atoms with Gasteiger partial charge in [-0.2, -0.15) is 0 Å². The Kier molecular flexibility index (Phi) is 22.6. The van der Waals surface area contributed by atoms with Crippen molar-refractivity contribution in [3.05, 3.63) is 401 Å². The van der Waals surface area contributed by atoms with Gasteiger partial charge in [0, 0.05) is 66.4 Å². The third kappa shape index (κ3) is 14.8. The molecule has 0 spiro atoms. The summed E-state index contributed by atoms with van der Waals surface area (Å²) in [6, 6.07) is 141. The van der Waals surface area contributed by atoms with Gasteiger partial charge in [0.15, 0.2) is 0 Å². The zero-order valence-electron chi connectivity index (χ0n) is 75.1. The Morgan fingerprint density at radius 3 is 0.920 bits per heavy atom. The predicted octanol–water partition coefficient (Wildman–Crippen LogP) is 25.7. The molecule has 27 aromatic rings. The standard InChI is InChI=1S/3C39H26N6.3Pt/c1-43-34-19-7-6-17-32(34)41-37(43)26-13-8-14-28(23-26)45-35-24-27(20-21-30(35)31-16-10-22-40-39(31)45)38-42-33-18-9-15-29(36(33)44(38)2)25-11-4-3-5-12-25;1-43-34-16-7-6-15-32(34)41-37(43)27-12-8-13-29(22-27)45-36-24-28(17-19-30(36)31-14-9-21-40-39(31)45)38-42-33-23-26(18-20-35(33)44(38)2)25-10-4-3-5-11-25;1-43-34-16-7-6-15-32(34)41-37(43)27-12-8-13-29(22-27)45-35-24-28(17-19-30(35)31-14-9-21-40-39(31)45)38-42-33-20-18-26(23-36(33)44(38)2)25-10-4-3-5-11-25;;;/h3-22H,1-2H3;2*3-21,23H,1-2H3;;;/q3*-2;3*+2. The smallest absolute Gasteiger partial charge is 0.367 e. The molecule has 0 N–H and O–H groups in total. The number of para-hydroxylation sites is 7. The van der Waals surface area contributed by atoms with Crippen molar-refractivity contribution in [2.45, 2.75) is 0 Å². The molecule has 12 heterocycles. The minimum absolute atomic E-state index is 0. The fourth-order valence-corrected chi connectivity index (χ4v) is 19.6. The number of nitrogens with zero attached hydrogens (tertiary/aromatic N) is 18. The Morgan fingerprint density at radius 2 is 0.514 bits per heavy atom. The van der Waals surface area contributed by atoms with Crippen molar-refractivity contribution in [1.29, 1.82) is 0 Å². The van der Waals surface area contributed by atoms with Gasteiger partial charge in [0.25, 0.3) is 0 Å². The molecule has 21 heteroatoms. The number of hydrogen-bond acceptors (Lipinski definition) is 9. The summed E-state index contributed by atoms with van der Waals surface area (Å²) in [5, 5.41) is 6.42. The topological polar surface area (TPSA) is 160 Å². The van der Waals surface area contributed by atoms with Crippen LogP contribution in [0.5, 0.6) is 0 Å². The van der Waals surface area contributed by atoms with Gasteiger partial charge in [-0.15, -0.1) is 161 Å². The third-order valence-corrected chi connectivity index (χ3v) is 26.1. The molecule has 666 valence electrons. The van der Waals surface area contributed by atoms with Crippen LogP contribution in [0.1, 0.15) is 0 Å². The van der Waals surface area contributed by atoms with Gasteiger partial charge in [-0.25, -0.2) is 15.0 Å². The van der Waals surface area contributed by atoms with Crippen LogP contribution in [0.15, 0.2) is 364 Å². The number of benzene rings is 15. The SMILES string of the molecule is Cn1c(-c2[c-]c(-n3c4[c-]c(-c5nc6cc(-c7ccccc7)ccc6n5C)ccc4c4cccnc43)ccc2)nc2ccccc21.Cn1c(-c2[c-]c(-n3c4[c-]c(-c5nc6ccc(-c7ccccc7)cc6n5C)ccc4c4cccnc43)ccc2)nc2ccccc21.Cn1c(-c2[c-]c(-n3c4[c-]c(-c5nc6cccc(-c7ccccc7)c6n5C)ccc4c4cccnc43)ccc2)nc2ccccc21.[Pt+2].[Pt+2].[Pt+2]. The Balaban J connectivity index is 0.000000118. The van der Waals surface area contributed by atoms with Gasteiger partial charge < -0.3 is 41.1 Å². The number of imidazole rings is 6. The molecule has 0 radical (unpaired) electrons. The predicted molar refractivity (Wildman–Crippen MR) is 543 cm³/mol. The fourth-order valence-electron chi connectivity index (χ4n) is 19.6. The Bertz CT molecular complexity index is 9200. The maximum absolute atomic E-state index is 5.10. The molecule has 12 aromatic heterocycles. The van der Waals surface area contributed by atoms with Gasteiger partial charge in [-0.05, 0) is 163 Å². The first-order chi connectivity index (χ1) is 66.4. The average molecular weight is 2320 g/mol. The summed E-state index contributed by atoms with van der Waals surface area (Å²) in [6.07, 6.45) is 5.51. The minimum atomic E-state index is 0. The van der Waals surface area contributed by atoms with Gasteiger partial charge >= 0.3 is 63.2 Å². The minimum Gasteiger partial charge on any atom is -0.367 e. The van der Waals surface area contributed by atoms with Crippen molar-refractivity contribution in [2.24, 2.45) is 42.3 Å². The van der Waals surface area contributed by atoms with Crippen molar-refractivity contribution >= 4 is 132 Å². The second-order valence-electron chi connectivity index (χ2n) is 34.0. The normalized spacial score (nSPS) is 11.5.